The van der Waals surface area contributed by atoms with Crippen molar-refractivity contribution in [2.45, 2.75) is 37.1 Å². The molecule has 0 amide bonds. The molecule has 3 aliphatic rings. The molecule has 2 atom stereocenters. The van der Waals surface area contributed by atoms with E-state index in [1.165, 1.54) is 12.8 Å². The highest BCUT2D eigenvalue weighted by Gasteiger charge is 2.54. The van der Waals surface area contributed by atoms with Crippen molar-refractivity contribution in [3.05, 3.63) is 0 Å². The molecule has 1 N–H and O–H groups in total. The second-order valence-electron chi connectivity index (χ2n) is 3.71. The smallest absolute Gasteiger partial charge is 0.185 e. The summed E-state index contributed by atoms with van der Waals surface area (Å²) < 4.78 is 11.3. The van der Waals surface area contributed by atoms with Crippen molar-refractivity contribution in [1.29, 1.82) is 0 Å². The molecule has 62 valence electrons. The van der Waals surface area contributed by atoms with E-state index in [9.17, 15) is 0 Å². The average molecular weight is 155 g/mol. The van der Waals surface area contributed by atoms with Gasteiger partial charge >= 0.3 is 0 Å². The zero-order valence-corrected chi connectivity index (χ0v) is 6.51. The Morgan fingerprint density at radius 1 is 1.18 bits per heavy atom. The molecule has 0 aromatic carbocycles. The van der Waals surface area contributed by atoms with Crippen molar-refractivity contribution in [3.63, 3.8) is 0 Å². The summed E-state index contributed by atoms with van der Waals surface area (Å²) >= 11 is 0. The molecule has 3 heteroatoms. The largest absolute Gasteiger partial charge is 0.346 e. The lowest BCUT2D eigenvalue weighted by Gasteiger charge is -2.29. The van der Waals surface area contributed by atoms with Crippen molar-refractivity contribution in [2.24, 2.45) is 0 Å². The van der Waals surface area contributed by atoms with Crippen molar-refractivity contribution < 1.29 is 9.47 Å². The van der Waals surface area contributed by atoms with Crippen LogP contribution in [0.15, 0.2) is 0 Å². The minimum absolute atomic E-state index is 0.205. The van der Waals surface area contributed by atoms with Gasteiger partial charge in [-0.15, -0.1) is 0 Å². The second-order valence-corrected chi connectivity index (χ2v) is 3.71. The van der Waals surface area contributed by atoms with Crippen LogP contribution in [0.5, 0.6) is 0 Å². The minimum atomic E-state index is -0.205. The Kier molecular flexibility index (Phi) is 1.15. The zero-order valence-electron chi connectivity index (χ0n) is 6.51. The second kappa shape index (κ2) is 1.97. The molecule has 0 aliphatic carbocycles. The fraction of sp³-hybridized carbons (Fsp3) is 1.00. The van der Waals surface area contributed by atoms with Crippen molar-refractivity contribution in [3.8, 4) is 0 Å². The van der Waals surface area contributed by atoms with E-state index in [0.29, 0.717) is 12.1 Å². The Morgan fingerprint density at radius 3 is 2.55 bits per heavy atom. The van der Waals surface area contributed by atoms with E-state index < -0.39 is 0 Å². The van der Waals surface area contributed by atoms with E-state index >= 15 is 0 Å². The minimum Gasteiger partial charge on any atom is -0.346 e. The third kappa shape index (κ3) is 0.736. The quantitative estimate of drug-likeness (QED) is 0.544. The SMILES string of the molecule is C1COC2(C[C@@H]3CC[C@H]2N3)O1. The van der Waals surface area contributed by atoms with E-state index in [1.807, 2.05) is 0 Å². The van der Waals surface area contributed by atoms with Gasteiger partial charge in [-0.25, -0.2) is 0 Å². The van der Waals surface area contributed by atoms with Gasteiger partial charge in [-0.1, -0.05) is 0 Å². The van der Waals surface area contributed by atoms with E-state index in [1.54, 1.807) is 0 Å². The number of hydrogen-bond donors (Lipinski definition) is 1. The van der Waals surface area contributed by atoms with Gasteiger partial charge in [-0.3, -0.25) is 0 Å². The first-order chi connectivity index (χ1) is 5.39. The van der Waals surface area contributed by atoms with E-state index in [0.717, 1.165) is 19.6 Å². The first-order valence-corrected chi connectivity index (χ1v) is 4.43. The van der Waals surface area contributed by atoms with Gasteiger partial charge < -0.3 is 14.8 Å². The molecular formula is C8H13NO2. The molecule has 0 aromatic rings. The summed E-state index contributed by atoms with van der Waals surface area (Å²) in [6.07, 6.45) is 3.60. The van der Waals surface area contributed by atoms with Crippen LogP contribution in [0.2, 0.25) is 0 Å². The Labute approximate surface area is 66.1 Å². The van der Waals surface area contributed by atoms with E-state index in [2.05, 4.69) is 5.32 Å². The number of ether oxygens (including phenoxy) is 2. The van der Waals surface area contributed by atoms with Gasteiger partial charge in [0.15, 0.2) is 5.79 Å². The molecule has 3 saturated heterocycles. The third-order valence-corrected chi connectivity index (χ3v) is 3.08. The molecule has 3 aliphatic heterocycles. The lowest BCUT2D eigenvalue weighted by molar-refractivity contribution is -0.169. The van der Waals surface area contributed by atoms with E-state index in [-0.39, 0.29) is 5.79 Å². The van der Waals surface area contributed by atoms with Crippen LogP contribution in [0.3, 0.4) is 0 Å². The van der Waals surface area contributed by atoms with Crippen LogP contribution in [0.4, 0.5) is 0 Å². The Balaban J connectivity index is 1.88. The lowest BCUT2D eigenvalue weighted by atomic mass is 9.94. The van der Waals surface area contributed by atoms with Crippen LogP contribution < -0.4 is 5.32 Å². The van der Waals surface area contributed by atoms with Gasteiger partial charge in [-0.05, 0) is 12.8 Å². The van der Waals surface area contributed by atoms with Crippen molar-refractivity contribution in [2.75, 3.05) is 13.2 Å². The van der Waals surface area contributed by atoms with Gasteiger partial charge in [0.1, 0.15) is 0 Å². The third-order valence-electron chi connectivity index (χ3n) is 3.08. The highest BCUT2D eigenvalue weighted by Crippen LogP contribution is 2.41. The molecule has 0 saturated carbocycles. The lowest BCUT2D eigenvalue weighted by Crippen LogP contribution is -2.42. The molecule has 2 bridgehead atoms. The maximum atomic E-state index is 5.65. The summed E-state index contributed by atoms with van der Waals surface area (Å²) in [4.78, 5) is 0. The van der Waals surface area contributed by atoms with Crippen molar-refractivity contribution >= 4 is 0 Å². The summed E-state index contributed by atoms with van der Waals surface area (Å²) in [6.45, 7) is 1.57. The molecule has 3 nitrogen and oxygen atoms in total. The fourth-order valence-electron chi connectivity index (χ4n) is 2.60. The summed E-state index contributed by atoms with van der Waals surface area (Å²) in [7, 11) is 0. The maximum absolute atomic E-state index is 5.65. The average Bonchev–Trinajstić information content (AvgIpc) is 2.64. The summed E-state index contributed by atoms with van der Waals surface area (Å²) in [6, 6.07) is 1.15. The predicted octanol–water partition coefficient (Wildman–Crippen LogP) is 0.254. The van der Waals surface area contributed by atoms with Gasteiger partial charge in [0.05, 0.1) is 19.3 Å². The Bertz CT molecular complexity index is 177. The monoisotopic (exact) mass is 155 g/mol. The first-order valence-electron chi connectivity index (χ1n) is 4.43. The molecule has 11 heavy (non-hydrogen) atoms. The predicted molar refractivity (Wildman–Crippen MR) is 39.2 cm³/mol. The van der Waals surface area contributed by atoms with Gasteiger partial charge in [0, 0.05) is 12.5 Å². The molecule has 0 radical (unpaired) electrons. The highest BCUT2D eigenvalue weighted by atomic mass is 16.7. The molecule has 3 heterocycles. The standard InChI is InChI=1S/C8H13NO2/c1-2-7-8(5-6(1)9-7)10-3-4-11-8/h6-7,9H,1-5H2/t6-,7+/m0/s1. The highest BCUT2D eigenvalue weighted by molar-refractivity contribution is 5.05. The summed E-state index contributed by atoms with van der Waals surface area (Å²) in [5.41, 5.74) is 0. The topological polar surface area (TPSA) is 30.5 Å². The molecule has 3 rings (SSSR count). The van der Waals surface area contributed by atoms with Gasteiger partial charge in [-0.2, -0.15) is 0 Å². The number of hydrogen-bond acceptors (Lipinski definition) is 3. The van der Waals surface area contributed by atoms with Crippen LogP contribution in [-0.4, -0.2) is 31.1 Å². The van der Waals surface area contributed by atoms with Crippen LogP contribution in [0.25, 0.3) is 0 Å². The van der Waals surface area contributed by atoms with E-state index in [4.69, 9.17) is 9.47 Å². The number of nitrogens with one attached hydrogen (secondary N) is 1. The zero-order chi connectivity index (χ0) is 7.31. The van der Waals surface area contributed by atoms with Gasteiger partial charge in [0.2, 0.25) is 0 Å². The Hall–Kier alpha value is -0.120. The summed E-state index contributed by atoms with van der Waals surface area (Å²) in [5, 5.41) is 3.51. The maximum Gasteiger partial charge on any atom is 0.185 e. The number of fused-ring (bicyclic) bond motifs is 3. The van der Waals surface area contributed by atoms with Crippen LogP contribution in [0, 0.1) is 0 Å². The van der Waals surface area contributed by atoms with Crippen LogP contribution in [0.1, 0.15) is 19.3 Å². The fourth-order valence-corrected chi connectivity index (χ4v) is 2.60. The van der Waals surface area contributed by atoms with Gasteiger partial charge in [0.25, 0.3) is 0 Å². The van der Waals surface area contributed by atoms with Crippen LogP contribution in [-0.2, 0) is 9.47 Å². The summed E-state index contributed by atoms with van der Waals surface area (Å²) in [5.74, 6) is -0.205. The molecule has 0 unspecified atom stereocenters. The van der Waals surface area contributed by atoms with Crippen molar-refractivity contribution in [1.82, 2.24) is 5.32 Å². The molecular weight excluding hydrogens is 142 g/mol. The first kappa shape index (κ1) is 6.40. The Morgan fingerprint density at radius 2 is 2.00 bits per heavy atom. The normalized spacial score (nSPS) is 45.8. The molecule has 3 fully saturated rings. The molecule has 0 aromatic heterocycles. The van der Waals surface area contributed by atoms with Crippen LogP contribution >= 0.6 is 0 Å². The molecule has 1 spiro atoms. The number of rotatable bonds is 0.